The van der Waals surface area contributed by atoms with Crippen molar-refractivity contribution in [1.29, 1.82) is 0 Å². The van der Waals surface area contributed by atoms with Crippen LogP contribution in [0.1, 0.15) is 21.9 Å². The van der Waals surface area contributed by atoms with Gasteiger partial charge in [-0.1, -0.05) is 12.1 Å². The van der Waals surface area contributed by atoms with Crippen molar-refractivity contribution in [3.05, 3.63) is 52.0 Å². The van der Waals surface area contributed by atoms with Crippen LogP contribution in [0.15, 0.2) is 34.9 Å². The molecule has 21 heavy (non-hydrogen) atoms. The fraction of sp³-hybridized carbons (Fsp3) is 0.200. The lowest BCUT2D eigenvalue weighted by atomic mass is 10.1. The number of hydrogen-bond donors (Lipinski definition) is 0. The van der Waals surface area contributed by atoms with Gasteiger partial charge in [0.1, 0.15) is 5.69 Å². The van der Waals surface area contributed by atoms with Gasteiger partial charge in [0.05, 0.1) is 39.5 Å². The van der Waals surface area contributed by atoms with E-state index in [0.717, 1.165) is 26.9 Å². The third-order valence-electron chi connectivity index (χ3n) is 3.32. The number of ketones is 1. The zero-order valence-corrected chi connectivity index (χ0v) is 13.3. The van der Waals surface area contributed by atoms with Crippen LogP contribution in [0.3, 0.4) is 0 Å². The Morgan fingerprint density at radius 1 is 1.29 bits per heavy atom. The number of aryl methyl sites for hydroxylation is 2. The largest absolute Gasteiger partial charge is 0.292 e. The Hall–Kier alpha value is -2.08. The topological polar surface area (TPSA) is 60.7 Å². The molecule has 0 bridgehead atoms. The quantitative estimate of drug-likeness (QED) is 0.685. The van der Waals surface area contributed by atoms with Crippen molar-refractivity contribution in [2.45, 2.75) is 13.3 Å². The molecule has 6 heteroatoms. The van der Waals surface area contributed by atoms with E-state index in [1.165, 1.54) is 6.20 Å². The lowest BCUT2D eigenvalue weighted by molar-refractivity contribution is 0.0986. The van der Waals surface area contributed by atoms with Crippen LogP contribution < -0.4 is 0 Å². The molecular formula is C15H13BrN4O. The second kappa shape index (κ2) is 5.37. The molecule has 0 radical (unpaired) electrons. The molecule has 0 saturated heterocycles. The number of hydrogen-bond acceptors (Lipinski definition) is 4. The van der Waals surface area contributed by atoms with Gasteiger partial charge in [-0.25, -0.2) is 4.98 Å². The van der Waals surface area contributed by atoms with Crippen LogP contribution in [0, 0.1) is 6.92 Å². The Morgan fingerprint density at radius 2 is 2.00 bits per heavy atom. The maximum atomic E-state index is 12.4. The summed E-state index contributed by atoms with van der Waals surface area (Å²) in [5, 5.41) is 4.29. The van der Waals surface area contributed by atoms with Crippen molar-refractivity contribution < 1.29 is 4.79 Å². The third kappa shape index (κ3) is 2.58. The Kier molecular flexibility index (Phi) is 3.55. The zero-order valence-electron chi connectivity index (χ0n) is 11.7. The summed E-state index contributed by atoms with van der Waals surface area (Å²) in [4.78, 5) is 21.1. The van der Waals surface area contributed by atoms with Crippen molar-refractivity contribution >= 4 is 32.7 Å². The average Bonchev–Trinajstić information content (AvgIpc) is 2.73. The summed E-state index contributed by atoms with van der Waals surface area (Å²) in [7, 11) is 1.83. The molecule has 0 fully saturated rings. The van der Waals surface area contributed by atoms with Gasteiger partial charge in [-0.05, 0) is 35.0 Å². The van der Waals surface area contributed by atoms with Gasteiger partial charge in [-0.3, -0.25) is 14.5 Å². The van der Waals surface area contributed by atoms with E-state index >= 15 is 0 Å². The van der Waals surface area contributed by atoms with Crippen LogP contribution in [-0.4, -0.2) is 25.5 Å². The molecule has 3 rings (SSSR count). The molecule has 2 heterocycles. The maximum absolute atomic E-state index is 12.4. The average molecular weight is 345 g/mol. The van der Waals surface area contributed by atoms with Crippen LogP contribution in [0.2, 0.25) is 0 Å². The number of para-hydroxylation sites is 2. The van der Waals surface area contributed by atoms with Crippen LogP contribution in [0.25, 0.3) is 11.0 Å². The van der Waals surface area contributed by atoms with Gasteiger partial charge in [0.25, 0.3) is 0 Å². The van der Waals surface area contributed by atoms with Gasteiger partial charge < -0.3 is 0 Å². The predicted octanol–water partition coefficient (Wildman–Crippen LogP) is 2.86. The molecule has 0 atom stereocenters. The molecular weight excluding hydrogens is 332 g/mol. The predicted molar refractivity (Wildman–Crippen MR) is 83.2 cm³/mol. The number of aromatic nitrogens is 4. The minimum absolute atomic E-state index is 0.0723. The number of rotatable bonds is 3. The van der Waals surface area contributed by atoms with Crippen LogP contribution in [0.4, 0.5) is 0 Å². The highest BCUT2D eigenvalue weighted by atomic mass is 79.9. The van der Waals surface area contributed by atoms with Crippen LogP contribution in [-0.2, 0) is 13.5 Å². The van der Waals surface area contributed by atoms with E-state index in [1.54, 1.807) is 4.68 Å². The normalized spacial score (nSPS) is 11.0. The monoisotopic (exact) mass is 344 g/mol. The molecule has 0 saturated carbocycles. The van der Waals surface area contributed by atoms with Gasteiger partial charge in [0.2, 0.25) is 0 Å². The van der Waals surface area contributed by atoms with Crippen molar-refractivity contribution in [2.75, 3.05) is 0 Å². The van der Waals surface area contributed by atoms with E-state index in [9.17, 15) is 4.79 Å². The lowest BCUT2D eigenvalue weighted by Crippen LogP contribution is -2.10. The molecule has 106 valence electrons. The van der Waals surface area contributed by atoms with E-state index in [2.05, 4.69) is 31.0 Å². The number of fused-ring (bicyclic) bond motifs is 1. The van der Waals surface area contributed by atoms with Gasteiger partial charge >= 0.3 is 0 Å². The minimum Gasteiger partial charge on any atom is -0.292 e. The Bertz CT molecular complexity index is 841. The summed E-state index contributed by atoms with van der Waals surface area (Å²) < 4.78 is 2.58. The second-order valence-corrected chi connectivity index (χ2v) is 5.61. The summed E-state index contributed by atoms with van der Waals surface area (Å²) in [6, 6.07) is 7.50. The first-order chi connectivity index (χ1) is 10.1. The highest BCUT2D eigenvalue weighted by Gasteiger charge is 2.17. The molecule has 1 aromatic carbocycles. The maximum Gasteiger partial charge on any atom is 0.188 e. The van der Waals surface area contributed by atoms with Crippen molar-refractivity contribution in [2.24, 2.45) is 7.05 Å². The molecule has 0 N–H and O–H groups in total. The van der Waals surface area contributed by atoms with Crippen molar-refractivity contribution in [3.8, 4) is 0 Å². The zero-order chi connectivity index (χ0) is 15.0. The second-order valence-electron chi connectivity index (χ2n) is 4.81. The number of carbonyl (C=O) groups excluding carboxylic acids is 1. The number of halogens is 1. The number of Topliss-reactive ketones (excluding diaryl/α,β-unsaturated/α-hetero) is 1. The summed E-state index contributed by atoms with van der Waals surface area (Å²) in [6.45, 7) is 1.90. The van der Waals surface area contributed by atoms with E-state index in [-0.39, 0.29) is 12.2 Å². The Balaban J connectivity index is 1.93. The standard InChI is InChI=1S/C15H13BrN4O/c1-9-15(16)13(20(2)19-9)7-14(21)12-8-17-10-5-3-4-6-11(10)18-12/h3-6,8H,7H2,1-2H3. The van der Waals surface area contributed by atoms with Crippen LogP contribution in [0.5, 0.6) is 0 Å². The molecule has 0 amide bonds. The molecule has 0 unspecified atom stereocenters. The van der Waals surface area contributed by atoms with Gasteiger partial charge in [0.15, 0.2) is 5.78 Å². The summed E-state index contributed by atoms with van der Waals surface area (Å²) in [5.74, 6) is -0.0723. The fourth-order valence-electron chi connectivity index (χ4n) is 2.21. The minimum atomic E-state index is -0.0723. The smallest absolute Gasteiger partial charge is 0.188 e. The molecule has 0 spiro atoms. The first-order valence-electron chi connectivity index (χ1n) is 6.49. The summed E-state index contributed by atoms with van der Waals surface area (Å²) in [6.07, 6.45) is 1.77. The number of nitrogens with zero attached hydrogens (tertiary/aromatic N) is 4. The van der Waals surface area contributed by atoms with Crippen molar-refractivity contribution in [3.63, 3.8) is 0 Å². The molecule has 5 nitrogen and oxygen atoms in total. The van der Waals surface area contributed by atoms with Gasteiger partial charge in [0, 0.05) is 7.05 Å². The number of benzene rings is 1. The summed E-state index contributed by atoms with van der Waals surface area (Å²) >= 11 is 3.47. The highest BCUT2D eigenvalue weighted by molar-refractivity contribution is 9.10. The Morgan fingerprint density at radius 3 is 2.67 bits per heavy atom. The SMILES string of the molecule is Cc1nn(C)c(CC(=O)c2cnc3ccccc3n2)c1Br. The first-order valence-corrected chi connectivity index (χ1v) is 7.28. The van der Waals surface area contributed by atoms with E-state index in [0.29, 0.717) is 5.69 Å². The molecule has 0 aliphatic heterocycles. The highest BCUT2D eigenvalue weighted by Crippen LogP contribution is 2.21. The van der Waals surface area contributed by atoms with E-state index in [1.807, 2.05) is 38.2 Å². The molecule has 0 aliphatic carbocycles. The molecule has 2 aromatic heterocycles. The summed E-state index contributed by atoms with van der Waals surface area (Å²) in [5.41, 5.74) is 3.59. The fourth-order valence-corrected chi connectivity index (χ4v) is 2.68. The lowest BCUT2D eigenvalue weighted by Gasteiger charge is -2.03. The first kappa shape index (κ1) is 13.9. The number of carbonyl (C=O) groups is 1. The Labute approximate surface area is 130 Å². The van der Waals surface area contributed by atoms with Gasteiger partial charge in [-0.2, -0.15) is 5.10 Å². The van der Waals surface area contributed by atoms with E-state index < -0.39 is 0 Å². The van der Waals surface area contributed by atoms with Gasteiger partial charge in [-0.15, -0.1) is 0 Å². The third-order valence-corrected chi connectivity index (χ3v) is 4.36. The van der Waals surface area contributed by atoms with E-state index in [4.69, 9.17) is 0 Å². The molecule has 3 aromatic rings. The van der Waals surface area contributed by atoms with Crippen LogP contribution >= 0.6 is 15.9 Å². The molecule has 0 aliphatic rings. The van der Waals surface area contributed by atoms with Crippen molar-refractivity contribution in [1.82, 2.24) is 19.7 Å².